The van der Waals surface area contributed by atoms with Crippen molar-refractivity contribution in [2.24, 2.45) is 0 Å². The quantitative estimate of drug-likeness (QED) is 0.610. The molecule has 0 saturated carbocycles. The third-order valence-corrected chi connectivity index (χ3v) is 4.07. The minimum Gasteiger partial charge on any atom is -0.376 e. The topological polar surface area (TPSA) is 57.6 Å². The van der Waals surface area contributed by atoms with Gasteiger partial charge in [0, 0.05) is 13.0 Å². The molecule has 0 aromatic rings. The zero-order valence-electron chi connectivity index (χ0n) is 7.52. The van der Waals surface area contributed by atoms with E-state index in [1.807, 2.05) is 0 Å². The summed E-state index contributed by atoms with van der Waals surface area (Å²) in [5, 5.41) is 9.59. The standard InChI is InChI=1S/C8H13NO3S/c1-3-8(10)5-6-9(7-8)13(11,12)4-2/h1,10H,4-7H2,2H3. The Labute approximate surface area is 78.6 Å². The molecule has 0 spiro atoms. The summed E-state index contributed by atoms with van der Waals surface area (Å²) in [7, 11) is -3.20. The van der Waals surface area contributed by atoms with E-state index in [1.165, 1.54) is 4.31 Å². The number of β-amino-alcohol motifs (C(OH)–C–C–N with tert-alkyl or cyclic N) is 1. The van der Waals surface area contributed by atoms with Gasteiger partial charge >= 0.3 is 0 Å². The molecule has 13 heavy (non-hydrogen) atoms. The Balaban J connectivity index is 2.78. The summed E-state index contributed by atoms with van der Waals surface area (Å²) in [5.74, 6) is 2.27. The summed E-state index contributed by atoms with van der Waals surface area (Å²) >= 11 is 0. The fourth-order valence-corrected chi connectivity index (χ4v) is 2.44. The second-order valence-corrected chi connectivity index (χ2v) is 5.42. The van der Waals surface area contributed by atoms with Crippen LogP contribution in [-0.4, -0.2) is 42.3 Å². The molecule has 0 radical (unpaired) electrons. The number of sulfonamides is 1. The van der Waals surface area contributed by atoms with Gasteiger partial charge in [0.1, 0.15) is 5.60 Å². The predicted molar refractivity (Wildman–Crippen MR) is 49.4 cm³/mol. The first-order valence-corrected chi connectivity index (χ1v) is 5.72. The molecule has 1 aliphatic heterocycles. The first-order valence-electron chi connectivity index (χ1n) is 4.11. The lowest BCUT2D eigenvalue weighted by molar-refractivity contribution is 0.117. The van der Waals surface area contributed by atoms with Gasteiger partial charge in [-0.3, -0.25) is 0 Å². The Morgan fingerprint density at radius 1 is 1.69 bits per heavy atom. The Bertz CT molecular complexity index is 330. The van der Waals surface area contributed by atoms with Crippen molar-refractivity contribution in [2.75, 3.05) is 18.8 Å². The van der Waals surface area contributed by atoms with Crippen LogP contribution in [0.5, 0.6) is 0 Å². The molecular formula is C8H13NO3S. The van der Waals surface area contributed by atoms with Gasteiger partial charge in [-0.1, -0.05) is 5.92 Å². The van der Waals surface area contributed by atoms with E-state index in [0.717, 1.165) is 0 Å². The monoisotopic (exact) mass is 203 g/mol. The smallest absolute Gasteiger partial charge is 0.213 e. The average Bonchev–Trinajstić information content (AvgIpc) is 2.50. The summed E-state index contributed by atoms with van der Waals surface area (Å²) in [6.07, 6.45) is 5.42. The maximum absolute atomic E-state index is 11.4. The molecule has 0 amide bonds. The van der Waals surface area contributed by atoms with Gasteiger partial charge in [0.2, 0.25) is 10.0 Å². The molecule has 1 fully saturated rings. The van der Waals surface area contributed by atoms with Crippen LogP contribution in [0, 0.1) is 12.3 Å². The Morgan fingerprint density at radius 2 is 2.31 bits per heavy atom. The van der Waals surface area contributed by atoms with Crippen molar-refractivity contribution in [3.8, 4) is 12.3 Å². The van der Waals surface area contributed by atoms with Crippen LogP contribution >= 0.6 is 0 Å². The van der Waals surface area contributed by atoms with Crippen molar-refractivity contribution >= 4 is 10.0 Å². The van der Waals surface area contributed by atoms with Gasteiger partial charge < -0.3 is 5.11 Å². The highest BCUT2D eigenvalue weighted by atomic mass is 32.2. The Morgan fingerprint density at radius 3 is 2.69 bits per heavy atom. The maximum Gasteiger partial charge on any atom is 0.213 e. The Hall–Kier alpha value is -0.570. The summed E-state index contributed by atoms with van der Waals surface area (Å²) in [6, 6.07) is 0. The lowest BCUT2D eigenvalue weighted by Gasteiger charge is -2.17. The fraction of sp³-hybridized carbons (Fsp3) is 0.750. The van der Waals surface area contributed by atoms with E-state index >= 15 is 0 Å². The van der Waals surface area contributed by atoms with Crippen LogP contribution in [0.3, 0.4) is 0 Å². The van der Waals surface area contributed by atoms with Crippen LogP contribution in [-0.2, 0) is 10.0 Å². The summed E-state index contributed by atoms with van der Waals surface area (Å²) < 4.78 is 23.9. The first-order chi connectivity index (χ1) is 5.93. The SMILES string of the molecule is C#CC1(O)CCN(S(=O)(=O)CC)C1. The van der Waals surface area contributed by atoms with Crippen LogP contribution < -0.4 is 0 Å². The van der Waals surface area contributed by atoms with E-state index in [9.17, 15) is 13.5 Å². The average molecular weight is 203 g/mol. The van der Waals surface area contributed by atoms with Gasteiger partial charge in [-0.15, -0.1) is 6.42 Å². The van der Waals surface area contributed by atoms with Gasteiger partial charge in [-0.2, -0.15) is 4.31 Å². The van der Waals surface area contributed by atoms with Gasteiger partial charge in [-0.05, 0) is 6.92 Å². The molecule has 1 aliphatic rings. The van der Waals surface area contributed by atoms with E-state index in [4.69, 9.17) is 6.42 Å². The minimum absolute atomic E-state index is 0.0275. The number of rotatable bonds is 2. The number of aliphatic hydroxyl groups is 1. The van der Waals surface area contributed by atoms with Crippen molar-refractivity contribution < 1.29 is 13.5 Å². The van der Waals surface area contributed by atoms with E-state index in [-0.39, 0.29) is 12.3 Å². The summed E-state index contributed by atoms with van der Waals surface area (Å²) in [5.41, 5.74) is -1.26. The molecule has 5 heteroatoms. The molecule has 0 aromatic heterocycles. The highest BCUT2D eigenvalue weighted by molar-refractivity contribution is 7.89. The molecule has 1 heterocycles. The van der Waals surface area contributed by atoms with Crippen molar-refractivity contribution in [3.05, 3.63) is 0 Å². The van der Waals surface area contributed by atoms with Crippen molar-refractivity contribution in [1.82, 2.24) is 4.31 Å². The zero-order valence-corrected chi connectivity index (χ0v) is 8.34. The van der Waals surface area contributed by atoms with Crippen molar-refractivity contribution in [3.63, 3.8) is 0 Å². The van der Waals surface area contributed by atoms with Crippen LogP contribution in [0.1, 0.15) is 13.3 Å². The molecular weight excluding hydrogens is 190 g/mol. The number of terminal acetylenes is 1. The third kappa shape index (κ3) is 2.02. The molecule has 1 rings (SSSR count). The molecule has 0 aromatic carbocycles. The van der Waals surface area contributed by atoms with Crippen molar-refractivity contribution in [2.45, 2.75) is 18.9 Å². The van der Waals surface area contributed by atoms with E-state index in [0.29, 0.717) is 13.0 Å². The van der Waals surface area contributed by atoms with Gasteiger partial charge in [0.05, 0.1) is 12.3 Å². The highest BCUT2D eigenvalue weighted by Gasteiger charge is 2.38. The molecule has 74 valence electrons. The highest BCUT2D eigenvalue weighted by Crippen LogP contribution is 2.22. The number of nitrogens with zero attached hydrogens (tertiary/aromatic N) is 1. The van der Waals surface area contributed by atoms with Gasteiger partial charge in [-0.25, -0.2) is 8.42 Å². The van der Waals surface area contributed by atoms with Crippen LogP contribution in [0.2, 0.25) is 0 Å². The van der Waals surface area contributed by atoms with E-state index in [1.54, 1.807) is 6.92 Å². The van der Waals surface area contributed by atoms with Crippen LogP contribution in [0.25, 0.3) is 0 Å². The summed E-state index contributed by atoms with van der Waals surface area (Å²) in [4.78, 5) is 0. The largest absolute Gasteiger partial charge is 0.376 e. The van der Waals surface area contributed by atoms with E-state index in [2.05, 4.69) is 5.92 Å². The lowest BCUT2D eigenvalue weighted by atomic mass is 10.1. The maximum atomic E-state index is 11.4. The fourth-order valence-electron chi connectivity index (χ4n) is 1.30. The van der Waals surface area contributed by atoms with Gasteiger partial charge in [0.25, 0.3) is 0 Å². The minimum atomic E-state index is -3.20. The molecule has 0 bridgehead atoms. The van der Waals surface area contributed by atoms with E-state index < -0.39 is 15.6 Å². The molecule has 1 atom stereocenters. The third-order valence-electron chi connectivity index (χ3n) is 2.24. The number of hydrogen-bond donors (Lipinski definition) is 1. The predicted octanol–water partition coefficient (Wildman–Crippen LogP) is -0.594. The lowest BCUT2D eigenvalue weighted by Crippen LogP contribution is -2.35. The first kappa shape index (κ1) is 10.5. The zero-order chi connectivity index (χ0) is 10.1. The molecule has 1 N–H and O–H groups in total. The van der Waals surface area contributed by atoms with Crippen molar-refractivity contribution in [1.29, 1.82) is 0 Å². The molecule has 1 unspecified atom stereocenters. The van der Waals surface area contributed by atoms with Crippen LogP contribution in [0.4, 0.5) is 0 Å². The van der Waals surface area contributed by atoms with Crippen LogP contribution in [0.15, 0.2) is 0 Å². The number of hydrogen-bond acceptors (Lipinski definition) is 3. The van der Waals surface area contributed by atoms with Gasteiger partial charge in [0.15, 0.2) is 0 Å². The molecule has 4 nitrogen and oxygen atoms in total. The molecule has 0 aliphatic carbocycles. The second kappa shape index (κ2) is 3.29. The second-order valence-electron chi connectivity index (χ2n) is 3.16. The summed E-state index contributed by atoms with van der Waals surface area (Å²) in [6.45, 7) is 1.92. The molecule has 1 saturated heterocycles. The Kier molecular flexibility index (Phi) is 2.66. The normalized spacial score (nSPS) is 30.2.